The van der Waals surface area contributed by atoms with Crippen LogP contribution in [0.5, 0.6) is 11.8 Å². The molecule has 0 amide bonds. The van der Waals surface area contributed by atoms with E-state index in [0.29, 0.717) is 26.2 Å². The lowest BCUT2D eigenvalue weighted by Crippen LogP contribution is -2.25. The van der Waals surface area contributed by atoms with Gasteiger partial charge in [0.2, 0.25) is 11.8 Å². The molecule has 2 heterocycles. The lowest BCUT2D eigenvalue weighted by Gasteiger charge is -2.32. The van der Waals surface area contributed by atoms with E-state index in [1.165, 1.54) is 26.1 Å². The highest BCUT2D eigenvalue weighted by Crippen LogP contribution is 2.38. The number of aryl methyl sites for hydroxylation is 2. The van der Waals surface area contributed by atoms with E-state index < -0.39 is 0 Å². The molecule has 1 atom stereocenters. The van der Waals surface area contributed by atoms with Gasteiger partial charge in [-0.05, 0) is 82.5 Å². The number of unbranched alkanes of at least 4 members (excludes halogenated alkanes) is 2. The molecule has 0 spiro atoms. The van der Waals surface area contributed by atoms with Crippen LogP contribution in [0, 0.1) is 10.8 Å². The predicted molar refractivity (Wildman–Crippen MR) is 175 cm³/mol. The summed E-state index contributed by atoms with van der Waals surface area (Å²) >= 11 is 0. The van der Waals surface area contributed by atoms with Crippen LogP contribution >= 0.6 is 0 Å². The van der Waals surface area contributed by atoms with Gasteiger partial charge in [-0.1, -0.05) is 52.5 Å². The van der Waals surface area contributed by atoms with E-state index in [-0.39, 0.29) is 34.0 Å². The number of hydrogen-bond acceptors (Lipinski definition) is 5. The topological polar surface area (TPSA) is 104 Å². The van der Waals surface area contributed by atoms with Crippen LogP contribution in [0.3, 0.4) is 0 Å². The smallest absolute Gasteiger partial charge is 0.331 e. The number of hydrogen-bond donors (Lipinski definition) is 2. The summed E-state index contributed by atoms with van der Waals surface area (Å²) < 4.78 is 12.0. The first-order valence-corrected chi connectivity index (χ1v) is 16.8. The molecule has 0 bridgehead atoms. The highest BCUT2D eigenvalue weighted by atomic mass is 16.5. The molecule has 43 heavy (non-hydrogen) atoms. The largest absolute Gasteiger partial charge is 0.493 e. The van der Waals surface area contributed by atoms with Gasteiger partial charge in [0.15, 0.2) is 0 Å². The van der Waals surface area contributed by atoms with Crippen LogP contribution in [0.15, 0.2) is 34.6 Å². The van der Waals surface area contributed by atoms with Gasteiger partial charge < -0.3 is 14.9 Å². The first-order chi connectivity index (χ1) is 20.6. The highest BCUT2D eigenvalue weighted by Gasteiger charge is 2.26. The molecule has 2 aromatic heterocycles. The number of imidazole rings is 2. The molecule has 0 fully saturated rings. The van der Waals surface area contributed by atoms with E-state index in [0.717, 1.165) is 96.7 Å². The van der Waals surface area contributed by atoms with Crippen LogP contribution in [-0.4, -0.2) is 41.7 Å². The summed E-state index contributed by atoms with van der Waals surface area (Å²) in [5.74, 6) is 0.0995. The SMILES string of the molecule is C=CC(CC)(CCCCOCCCCC(CC)(CC)CCCn1c(O)cn(CC)c1=O)CCCn1c(O)cn(CC)c1=O. The third-order valence-electron chi connectivity index (χ3n) is 9.97. The third-order valence-corrected chi connectivity index (χ3v) is 9.97. The number of allylic oxidation sites excluding steroid dienone is 1. The van der Waals surface area contributed by atoms with Crippen LogP contribution in [0.2, 0.25) is 0 Å². The lowest BCUT2D eigenvalue weighted by molar-refractivity contribution is 0.116. The van der Waals surface area contributed by atoms with Crippen LogP contribution in [-0.2, 0) is 30.9 Å². The van der Waals surface area contributed by atoms with Crippen LogP contribution in [0.25, 0.3) is 0 Å². The zero-order chi connectivity index (χ0) is 31.9. The number of nitrogens with zero attached hydrogens (tertiary/aromatic N) is 4. The summed E-state index contributed by atoms with van der Waals surface area (Å²) in [7, 11) is 0. The standard InChI is InChI=1S/C34H60N4O5/c1-7-33(8-2,21-17-23-37-29(39)27-35(11-5)31(37)41)19-13-15-25-43-26-16-14-20-34(9-3,10-4)22-18-24-38-30(40)28-36(12-6)32(38)42/h7,27-28,39-40H,1,8-26H2,2-6H3. The quantitative estimate of drug-likeness (QED) is 0.0985. The van der Waals surface area contributed by atoms with Crippen molar-refractivity contribution in [3.05, 3.63) is 46.0 Å². The van der Waals surface area contributed by atoms with E-state index in [1.54, 1.807) is 4.57 Å². The predicted octanol–water partition coefficient (Wildman–Crippen LogP) is 7.07. The minimum absolute atomic E-state index is 0.0393. The molecule has 0 aliphatic carbocycles. The van der Waals surface area contributed by atoms with Crippen molar-refractivity contribution in [3.8, 4) is 11.8 Å². The fourth-order valence-corrected chi connectivity index (χ4v) is 6.51. The fraction of sp³-hybridized carbons (Fsp3) is 0.765. The van der Waals surface area contributed by atoms with Crippen molar-refractivity contribution in [1.82, 2.24) is 18.3 Å². The summed E-state index contributed by atoms with van der Waals surface area (Å²) in [4.78, 5) is 24.8. The average molecular weight is 605 g/mol. The Hall–Kier alpha value is -2.68. The number of ether oxygens (including phenoxy) is 1. The molecule has 0 radical (unpaired) electrons. The Morgan fingerprint density at radius 3 is 1.56 bits per heavy atom. The zero-order valence-electron chi connectivity index (χ0n) is 27.8. The van der Waals surface area contributed by atoms with E-state index in [4.69, 9.17) is 4.74 Å². The van der Waals surface area contributed by atoms with Gasteiger partial charge in [0.05, 0.1) is 12.4 Å². The van der Waals surface area contributed by atoms with Gasteiger partial charge in [-0.15, -0.1) is 6.58 Å². The summed E-state index contributed by atoms with van der Waals surface area (Å²) in [6.45, 7) is 18.4. The molecule has 0 aliphatic heterocycles. The van der Waals surface area contributed by atoms with E-state index in [2.05, 4.69) is 33.4 Å². The van der Waals surface area contributed by atoms with Crippen molar-refractivity contribution in [2.24, 2.45) is 10.8 Å². The Kier molecular flexibility index (Phi) is 15.5. The molecule has 246 valence electrons. The van der Waals surface area contributed by atoms with Gasteiger partial charge in [-0.3, -0.25) is 18.3 Å². The summed E-state index contributed by atoms with van der Waals surface area (Å²) in [5, 5.41) is 20.3. The number of aromatic nitrogens is 4. The molecular weight excluding hydrogens is 544 g/mol. The van der Waals surface area contributed by atoms with Crippen molar-refractivity contribution in [2.75, 3.05) is 13.2 Å². The Bertz CT molecular complexity index is 1200. The van der Waals surface area contributed by atoms with Crippen molar-refractivity contribution in [1.29, 1.82) is 0 Å². The molecule has 2 aromatic rings. The van der Waals surface area contributed by atoms with Gasteiger partial charge in [-0.2, -0.15) is 0 Å². The van der Waals surface area contributed by atoms with Gasteiger partial charge in [0, 0.05) is 39.4 Å². The zero-order valence-corrected chi connectivity index (χ0v) is 27.8. The first-order valence-electron chi connectivity index (χ1n) is 16.8. The Morgan fingerprint density at radius 1 is 0.698 bits per heavy atom. The van der Waals surface area contributed by atoms with Gasteiger partial charge in [0.1, 0.15) is 0 Å². The summed E-state index contributed by atoms with van der Waals surface area (Å²) in [6.07, 6.45) is 18.6. The monoisotopic (exact) mass is 604 g/mol. The summed E-state index contributed by atoms with van der Waals surface area (Å²) in [6, 6.07) is 0. The minimum atomic E-state index is -0.148. The van der Waals surface area contributed by atoms with Crippen LogP contribution in [0.1, 0.15) is 118 Å². The van der Waals surface area contributed by atoms with Crippen LogP contribution in [0.4, 0.5) is 0 Å². The second-order valence-corrected chi connectivity index (χ2v) is 12.3. The van der Waals surface area contributed by atoms with Gasteiger partial charge in [-0.25, -0.2) is 9.59 Å². The minimum Gasteiger partial charge on any atom is -0.493 e. The molecule has 0 aromatic carbocycles. The van der Waals surface area contributed by atoms with Gasteiger partial charge >= 0.3 is 11.4 Å². The van der Waals surface area contributed by atoms with Crippen molar-refractivity contribution in [2.45, 2.75) is 144 Å². The Labute approximate surface area is 259 Å². The molecule has 2 rings (SSSR count). The molecule has 9 heteroatoms. The van der Waals surface area contributed by atoms with E-state index in [9.17, 15) is 19.8 Å². The fourth-order valence-electron chi connectivity index (χ4n) is 6.51. The van der Waals surface area contributed by atoms with Crippen molar-refractivity contribution < 1.29 is 14.9 Å². The van der Waals surface area contributed by atoms with Gasteiger partial charge in [0.25, 0.3) is 0 Å². The van der Waals surface area contributed by atoms with Crippen LogP contribution < -0.4 is 11.4 Å². The maximum atomic E-state index is 12.4. The third kappa shape index (κ3) is 10.2. The summed E-state index contributed by atoms with van der Waals surface area (Å²) in [5.41, 5.74) is 0.0411. The highest BCUT2D eigenvalue weighted by molar-refractivity contribution is 5.06. The second-order valence-electron chi connectivity index (χ2n) is 12.3. The molecule has 0 aliphatic rings. The molecule has 2 N–H and O–H groups in total. The Balaban J connectivity index is 1.66. The Morgan fingerprint density at radius 2 is 1.14 bits per heavy atom. The van der Waals surface area contributed by atoms with E-state index >= 15 is 0 Å². The molecule has 9 nitrogen and oxygen atoms in total. The molecule has 0 saturated heterocycles. The number of rotatable bonds is 24. The van der Waals surface area contributed by atoms with E-state index in [1.807, 2.05) is 13.8 Å². The molecule has 0 saturated carbocycles. The molecule has 1 unspecified atom stereocenters. The number of aromatic hydroxyl groups is 2. The lowest BCUT2D eigenvalue weighted by atomic mass is 9.74. The first kappa shape index (κ1) is 36.5. The maximum absolute atomic E-state index is 12.4. The second kappa shape index (κ2) is 18.2. The van der Waals surface area contributed by atoms with Crippen molar-refractivity contribution >= 4 is 0 Å². The normalized spacial score (nSPS) is 13.4. The molecular formula is C34H60N4O5. The average Bonchev–Trinajstić information content (AvgIpc) is 3.46. The van der Waals surface area contributed by atoms with Crippen molar-refractivity contribution in [3.63, 3.8) is 0 Å². The maximum Gasteiger partial charge on any atom is 0.331 e.